The Morgan fingerprint density at radius 3 is 2.15 bits per heavy atom. The van der Waals surface area contributed by atoms with E-state index in [0.717, 1.165) is 5.56 Å². The molecule has 2 aromatic rings. The van der Waals surface area contributed by atoms with Gasteiger partial charge in [0.1, 0.15) is 12.7 Å². The summed E-state index contributed by atoms with van der Waals surface area (Å²) in [7, 11) is 0. The van der Waals surface area contributed by atoms with Crippen LogP contribution in [0.5, 0.6) is 11.5 Å². The fourth-order valence-electron chi connectivity index (χ4n) is 1.63. The highest BCUT2D eigenvalue weighted by Gasteiger charge is 2.15. The topological polar surface area (TPSA) is 58.9 Å². The zero-order chi connectivity index (χ0) is 14.4. The van der Waals surface area contributed by atoms with Crippen molar-refractivity contribution in [2.45, 2.75) is 25.9 Å². The first-order valence-corrected chi connectivity index (χ1v) is 6.45. The molecule has 0 aliphatic heterocycles. The number of hydrogen-bond acceptors (Lipinski definition) is 4. The van der Waals surface area contributed by atoms with Gasteiger partial charge in [0.2, 0.25) is 6.29 Å². The average molecular weight is 274 g/mol. The predicted octanol–water partition coefficient (Wildman–Crippen LogP) is 2.34. The number of aliphatic hydroxyl groups excluding tert-OH is 2. The molecule has 0 bridgehead atoms. The Morgan fingerprint density at radius 2 is 1.50 bits per heavy atom. The van der Waals surface area contributed by atoms with Crippen LogP contribution in [-0.2, 0) is 6.61 Å². The highest BCUT2D eigenvalue weighted by atomic mass is 16.6. The summed E-state index contributed by atoms with van der Waals surface area (Å²) in [6, 6.07) is 16.8. The number of rotatable bonds is 6. The highest BCUT2D eigenvalue weighted by molar-refractivity contribution is 5.39. The van der Waals surface area contributed by atoms with Crippen LogP contribution in [0.1, 0.15) is 12.5 Å². The first kappa shape index (κ1) is 14.4. The van der Waals surface area contributed by atoms with E-state index in [-0.39, 0.29) is 0 Å². The molecule has 4 nitrogen and oxygen atoms in total. The molecule has 2 rings (SSSR count). The molecule has 2 atom stereocenters. The minimum Gasteiger partial charge on any atom is -0.485 e. The van der Waals surface area contributed by atoms with E-state index in [1.54, 1.807) is 18.2 Å². The first-order valence-electron chi connectivity index (χ1n) is 6.45. The lowest BCUT2D eigenvalue weighted by Gasteiger charge is -2.18. The third kappa shape index (κ3) is 3.98. The summed E-state index contributed by atoms with van der Waals surface area (Å²) >= 11 is 0. The molecule has 20 heavy (non-hydrogen) atoms. The average Bonchev–Trinajstić information content (AvgIpc) is 2.47. The molecule has 0 saturated carbocycles. The van der Waals surface area contributed by atoms with Gasteiger partial charge in [0.15, 0.2) is 11.5 Å². The van der Waals surface area contributed by atoms with Gasteiger partial charge >= 0.3 is 0 Å². The summed E-state index contributed by atoms with van der Waals surface area (Å²) in [4.78, 5) is 0. The molecule has 0 saturated heterocycles. The van der Waals surface area contributed by atoms with E-state index in [9.17, 15) is 10.2 Å². The lowest BCUT2D eigenvalue weighted by molar-refractivity contribution is -0.0969. The van der Waals surface area contributed by atoms with E-state index in [1.165, 1.54) is 6.92 Å². The molecule has 0 aliphatic rings. The minimum atomic E-state index is -1.28. The zero-order valence-electron chi connectivity index (χ0n) is 11.3. The maximum atomic E-state index is 9.56. The number of para-hydroxylation sites is 2. The molecule has 0 radical (unpaired) electrons. The minimum absolute atomic E-state index is 0.400. The zero-order valence-corrected chi connectivity index (χ0v) is 11.3. The van der Waals surface area contributed by atoms with E-state index in [4.69, 9.17) is 9.47 Å². The van der Waals surface area contributed by atoms with Crippen molar-refractivity contribution in [3.05, 3.63) is 60.2 Å². The molecule has 2 unspecified atom stereocenters. The Hall–Kier alpha value is -2.04. The van der Waals surface area contributed by atoms with Crippen LogP contribution in [0.2, 0.25) is 0 Å². The SMILES string of the molecule is CC(O)C(O)Oc1ccccc1OCc1ccccc1. The van der Waals surface area contributed by atoms with Gasteiger partial charge in [-0.3, -0.25) is 0 Å². The Labute approximate surface area is 118 Å². The second-order valence-corrected chi connectivity index (χ2v) is 4.47. The molecule has 0 spiro atoms. The number of ether oxygens (including phenoxy) is 2. The molecular weight excluding hydrogens is 256 g/mol. The maximum Gasteiger partial charge on any atom is 0.223 e. The normalized spacial score (nSPS) is 13.6. The smallest absolute Gasteiger partial charge is 0.223 e. The van der Waals surface area contributed by atoms with Crippen LogP contribution in [0.3, 0.4) is 0 Å². The lowest BCUT2D eigenvalue weighted by atomic mass is 10.2. The monoisotopic (exact) mass is 274 g/mol. The largest absolute Gasteiger partial charge is 0.485 e. The molecule has 0 fully saturated rings. The van der Waals surface area contributed by atoms with Crippen LogP contribution in [0.4, 0.5) is 0 Å². The van der Waals surface area contributed by atoms with Crippen LogP contribution >= 0.6 is 0 Å². The van der Waals surface area contributed by atoms with Gasteiger partial charge in [-0.2, -0.15) is 0 Å². The van der Waals surface area contributed by atoms with Gasteiger partial charge in [0.05, 0.1) is 0 Å². The van der Waals surface area contributed by atoms with Crippen LogP contribution in [0.25, 0.3) is 0 Å². The quantitative estimate of drug-likeness (QED) is 0.794. The van der Waals surface area contributed by atoms with Gasteiger partial charge < -0.3 is 19.7 Å². The molecule has 0 heterocycles. The van der Waals surface area contributed by atoms with Gasteiger partial charge in [0, 0.05) is 0 Å². The predicted molar refractivity (Wildman–Crippen MR) is 75.5 cm³/mol. The fourth-order valence-corrected chi connectivity index (χ4v) is 1.63. The van der Waals surface area contributed by atoms with E-state index in [0.29, 0.717) is 18.1 Å². The molecule has 0 amide bonds. The van der Waals surface area contributed by atoms with Crippen molar-refractivity contribution < 1.29 is 19.7 Å². The summed E-state index contributed by atoms with van der Waals surface area (Å²) in [6.45, 7) is 1.87. The Bertz CT molecular complexity index is 525. The molecule has 0 aliphatic carbocycles. The maximum absolute atomic E-state index is 9.56. The van der Waals surface area contributed by atoms with Gasteiger partial charge in [0.25, 0.3) is 0 Å². The Balaban J connectivity index is 2.04. The van der Waals surface area contributed by atoms with Crippen molar-refractivity contribution in [1.29, 1.82) is 0 Å². The van der Waals surface area contributed by atoms with E-state index in [2.05, 4.69) is 0 Å². The van der Waals surface area contributed by atoms with E-state index >= 15 is 0 Å². The summed E-state index contributed by atoms with van der Waals surface area (Å²) in [5, 5.41) is 18.8. The number of aliphatic hydroxyl groups is 2. The van der Waals surface area contributed by atoms with Crippen molar-refractivity contribution in [2.24, 2.45) is 0 Å². The highest BCUT2D eigenvalue weighted by Crippen LogP contribution is 2.28. The lowest BCUT2D eigenvalue weighted by Crippen LogP contribution is -2.28. The van der Waals surface area contributed by atoms with Crippen LogP contribution in [0.15, 0.2) is 54.6 Å². The summed E-state index contributed by atoms with van der Waals surface area (Å²) in [6.07, 6.45) is -2.26. The molecule has 4 heteroatoms. The third-order valence-corrected chi connectivity index (χ3v) is 2.75. The van der Waals surface area contributed by atoms with Crippen molar-refractivity contribution in [1.82, 2.24) is 0 Å². The Morgan fingerprint density at radius 1 is 0.900 bits per heavy atom. The van der Waals surface area contributed by atoms with Gasteiger partial charge in [-0.25, -0.2) is 0 Å². The van der Waals surface area contributed by atoms with Crippen LogP contribution < -0.4 is 9.47 Å². The summed E-state index contributed by atoms with van der Waals surface area (Å²) in [5.41, 5.74) is 1.04. The van der Waals surface area contributed by atoms with Crippen molar-refractivity contribution in [3.63, 3.8) is 0 Å². The van der Waals surface area contributed by atoms with Crippen molar-refractivity contribution in [2.75, 3.05) is 0 Å². The fraction of sp³-hybridized carbons (Fsp3) is 0.250. The van der Waals surface area contributed by atoms with Gasteiger partial charge in [-0.15, -0.1) is 0 Å². The number of benzene rings is 2. The molecule has 2 N–H and O–H groups in total. The van der Waals surface area contributed by atoms with Crippen molar-refractivity contribution in [3.8, 4) is 11.5 Å². The van der Waals surface area contributed by atoms with E-state index in [1.807, 2.05) is 36.4 Å². The van der Waals surface area contributed by atoms with Crippen molar-refractivity contribution >= 4 is 0 Å². The van der Waals surface area contributed by atoms with Crippen LogP contribution in [0, 0.1) is 0 Å². The third-order valence-electron chi connectivity index (χ3n) is 2.75. The second kappa shape index (κ2) is 6.93. The standard InChI is InChI=1S/C16H18O4/c1-12(17)16(18)20-15-10-6-5-9-14(15)19-11-13-7-3-2-4-8-13/h2-10,12,16-18H,11H2,1H3. The molecule has 0 aromatic heterocycles. The van der Waals surface area contributed by atoms with Gasteiger partial charge in [-0.05, 0) is 24.6 Å². The molecule has 2 aromatic carbocycles. The molecule has 106 valence electrons. The second-order valence-electron chi connectivity index (χ2n) is 4.47. The van der Waals surface area contributed by atoms with Crippen LogP contribution in [-0.4, -0.2) is 22.6 Å². The van der Waals surface area contributed by atoms with E-state index < -0.39 is 12.4 Å². The summed E-state index contributed by atoms with van der Waals surface area (Å²) in [5.74, 6) is 0.924. The summed E-state index contributed by atoms with van der Waals surface area (Å²) < 4.78 is 11.0. The Kier molecular flexibility index (Phi) is 4.98. The van der Waals surface area contributed by atoms with Gasteiger partial charge in [-0.1, -0.05) is 42.5 Å². The first-order chi connectivity index (χ1) is 9.66. The number of hydrogen-bond donors (Lipinski definition) is 2. The molecular formula is C16H18O4.